The monoisotopic (exact) mass is 461 g/mol. The Morgan fingerprint density at radius 3 is 2.81 bits per heavy atom. The van der Waals surface area contributed by atoms with Crippen LogP contribution in [0.25, 0.3) is 10.1 Å². The van der Waals surface area contributed by atoms with Gasteiger partial charge in [0, 0.05) is 36.4 Å². The number of ether oxygens (including phenoxy) is 2. The lowest BCUT2D eigenvalue weighted by molar-refractivity contribution is -0.120. The van der Waals surface area contributed by atoms with Crippen molar-refractivity contribution < 1.29 is 22.7 Å². The minimum absolute atomic E-state index is 0.0332. The second kappa shape index (κ2) is 8.81. The van der Waals surface area contributed by atoms with Crippen molar-refractivity contribution in [2.75, 3.05) is 32.6 Å². The lowest BCUT2D eigenvalue weighted by atomic mass is 9.98. The molecule has 1 N–H and O–H groups in total. The molecule has 8 nitrogen and oxygen atoms in total. The van der Waals surface area contributed by atoms with Crippen LogP contribution in [-0.4, -0.2) is 50.3 Å². The lowest BCUT2D eigenvalue weighted by Gasteiger charge is -2.31. The summed E-state index contributed by atoms with van der Waals surface area (Å²) in [6.45, 7) is 0.454. The number of hydrogen-bond acceptors (Lipinski definition) is 7. The van der Waals surface area contributed by atoms with Gasteiger partial charge in [0.1, 0.15) is 16.4 Å². The Morgan fingerprint density at radius 1 is 1.19 bits per heavy atom. The summed E-state index contributed by atoms with van der Waals surface area (Å²) in [5.74, 6) is 0.0190. The summed E-state index contributed by atoms with van der Waals surface area (Å²) in [4.78, 5) is 12.9. The Balaban J connectivity index is 1.53. The Hall–Kier alpha value is -2.69. The standard InChI is InChI=1S/C21H23N3O5S2/c1-28-17-6-7-18(29-2)20(11-17)31(26,27)24-9-3-4-14(13-24)21(25)23-16-5-8-19-15(10-16)12-22-30-19/h5-8,10-12,14H,3-4,9,13H2,1-2H3,(H,23,25)/t14-/m0/s1. The van der Waals surface area contributed by atoms with Crippen LogP contribution in [0.4, 0.5) is 5.69 Å². The molecule has 164 valence electrons. The van der Waals surface area contributed by atoms with Crippen LogP contribution < -0.4 is 14.8 Å². The van der Waals surface area contributed by atoms with Crippen molar-refractivity contribution in [2.24, 2.45) is 5.92 Å². The number of piperidine rings is 1. The number of sulfonamides is 1. The molecule has 31 heavy (non-hydrogen) atoms. The van der Waals surface area contributed by atoms with Crippen LogP contribution in [0.1, 0.15) is 12.8 Å². The molecule has 0 saturated carbocycles. The Bertz CT molecular complexity index is 1210. The van der Waals surface area contributed by atoms with E-state index in [0.29, 0.717) is 30.8 Å². The molecular formula is C21H23N3O5S2. The Labute approximate surface area is 185 Å². The van der Waals surface area contributed by atoms with Crippen molar-refractivity contribution >= 4 is 43.2 Å². The Kier molecular flexibility index (Phi) is 6.12. The number of methoxy groups -OCH3 is 2. The topological polar surface area (TPSA) is 97.8 Å². The van der Waals surface area contributed by atoms with Crippen molar-refractivity contribution in [2.45, 2.75) is 17.7 Å². The van der Waals surface area contributed by atoms with Gasteiger partial charge in [-0.15, -0.1) is 0 Å². The fourth-order valence-corrected chi connectivity index (χ4v) is 6.01. The maximum absolute atomic E-state index is 13.3. The molecule has 1 aliphatic heterocycles. The highest BCUT2D eigenvalue weighted by atomic mass is 32.2. The van der Waals surface area contributed by atoms with Gasteiger partial charge in [-0.25, -0.2) is 8.42 Å². The average Bonchev–Trinajstić information content (AvgIpc) is 3.26. The number of hydrogen-bond donors (Lipinski definition) is 1. The Morgan fingerprint density at radius 2 is 2.03 bits per heavy atom. The molecule has 1 amide bonds. The fraction of sp³-hybridized carbons (Fsp3) is 0.333. The number of carbonyl (C=O) groups is 1. The van der Waals surface area contributed by atoms with E-state index in [0.717, 1.165) is 10.1 Å². The number of carbonyl (C=O) groups excluding carboxylic acids is 1. The van der Waals surface area contributed by atoms with Crippen LogP contribution in [0.3, 0.4) is 0 Å². The molecule has 0 bridgehead atoms. The van der Waals surface area contributed by atoms with Crippen molar-refractivity contribution in [1.82, 2.24) is 8.68 Å². The van der Waals surface area contributed by atoms with Gasteiger partial charge < -0.3 is 14.8 Å². The van der Waals surface area contributed by atoms with E-state index in [1.807, 2.05) is 18.2 Å². The first-order valence-corrected chi connectivity index (χ1v) is 12.0. The lowest BCUT2D eigenvalue weighted by Crippen LogP contribution is -2.43. The molecule has 0 unspecified atom stereocenters. The van der Waals surface area contributed by atoms with Crippen molar-refractivity contribution in [1.29, 1.82) is 0 Å². The van der Waals surface area contributed by atoms with E-state index in [2.05, 4.69) is 9.69 Å². The number of amides is 1. The predicted octanol–water partition coefficient (Wildman–Crippen LogP) is 3.35. The third-order valence-corrected chi connectivity index (χ3v) is 8.03. The summed E-state index contributed by atoms with van der Waals surface area (Å²) >= 11 is 1.39. The van der Waals surface area contributed by atoms with E-state index < -0.39 is 15.9 Å². The molecule has 0 radical (unpaired) electrons. The van der Waals surface area contributed by atoms with E-state index in [1.165, 1.54) is 36.1 Å². The first-order valence-electron chi connectivity index (χ1n) is 9.80. The summed E-state index contributed by atoms with van der Waals surface area (Å²) in [6.07, 6.45) is 2.97. The van der Waals surface area contributed by atoms with Gasteiger partial charge in [-0.05, 0) is 54.7 Å². The minimum Gasteiger partial charge on any atom is -0.497 e. The van der Waals surface area contributed by atoms with Gasteiger partial charge in [-0.1, -0.05) is 0 Å². The van der Waals surface area contributed by atoms with Crippen LogP contribution in [0, 0.1) is 5.92 Å². The van der Waals surface area contributed by atoms with E-state index in [-0.39, 0.29) is 23.1 Å². The van der Waals surface area contributed by atoms with Gasteiger partial charge in [-0.3, -0.25) is 4.79 Å². The van der Waals surface area contributed by atoms with Gasteiger partial charge >= 0.3 is 0 Å². The zero-order valence-corrected chi connectivity index (χ0v) is 18.8. The molecule has 0 spiro atoms. The summed E-state index contributed by atoms with van der Waals surface area (Å²) in [6, 6.07) is 10.3. The molecule has 1 aliphatic rings. The highest BCUT2D eigenvalue weighted by Gasteiger charge is 2.35. The van der Waals surface area contributed by atoms with Crippen LogP contribution in [0.5, 0.6) is 11.5 Å². The third-order valence-electron chi connectivity index (χ3n) is 5.36. The number of anilines is 1. The molecule has 1 atom stereocenters. The number of rotatable bonds is 6. The molecule has 3 aromatic rings. The molecule has 2 aromatic carbocycles. The molecule has 1 aromatic heterocycles. The summed E-state index contributed by atoms with van der Waals surface area (Å²) < 4.78 is 43.6. The predicted molar refractivity (Wildman–Crippen MR) is 119 cm³/mol. The summed E-state index contributed by atoms with van der Waals surface area (Å²) in [5.41, 5.74) is 0.673. The second-order valence-electron chi connectivity index (χ2n) is 7.29. The first kappa shape index (κ1) is 21.5. The molecule has 1 saturated heterocycles. The van der Waals surface area contributed by atoms with Gasteiger partial charge in [0.2, 0.25) is 15.9 Å². The number of nitrogens with zero attached hydrogens (tertiary/aromatic N) is 2. The highest BCUT2D eigenvalue weighted by Crippen LogP contribution is 2.33. The number of fused-ring (bicyclic) bond motifs is 1. The largest absolute Gasteiger partial charge is 0.497 e. The number of aromatic nitrogens is 1. The van der Waals surface area contributed by atoms with E-state index in [1.54, 1.807) is 18.3 Å². The van der Waals surface area contributed by atoms with Crippen LogP contribution in [-0.2, 0) is 14.8 Å². The van der Waals surface area contributed by atoms with Crippen molar-refractivity contribution in [3.63, 3.8) is 0 Å². The summed E-state index contributed by atoms with van der Waals surface area (Å²) in [5, 5.41) is 3.88. The summed E-state index contributed by atoms with van der Waals surface area (Å²) in [7, 11) is -0.958. The van der Waals surface area contributed by atoms with E-state index in [4.69, 9.17) is 9.47 Å². The van der Waals surface area contributed by atoms with E-state index >= 15 is 0 Å². The van der Waals surface area contributed by atoms with Crippen molar-refractivity contribution in [3.05, 3.63) is 42.6 Å². The SMILES string of the molecule is COc1ccc(OC)c(S(=O)(=O)N2CCC[C@H](C(=O)Nc3ccc4sncc4c3)C2)c1. The maximum atomic E-state index is 13.3. The molecule has 10 heteroatoms. The van der Waals surface area contributed by atoms with Gasteiger partial charge in [0.25, 0.3) is 0 Å². The van der Waals surface area contributed by atoms with Crippen LogP contribution >= 0.6 is 11.5 Å². The van der Waals surface area contributed by atoms with Crippen LogP contribution in [0.2, 0.25) is 0 Å². The van der Waals surface area contributed by atoms with Gasteiger partial charge in [0.05, 0.1) is 24.8 Å². The fourth-order valence-electron chi connectivity index (χ4n) is 3.69. The van der Waals surface area contributed by atoms with Crippen LogP contribution in [0.15, 0.2) is 47.5 Å². The molecule has 1 fully saturated rings. The molecule has 0 aliphatic carbocycles. The zero-order valence-electron chi connectivity index (χ0n) is 17.2. The second-order valence-corrected chi connectivity index (χ2v) is 10.0. The first-order chi connectivity index (χ1) is 14.9. The average molecular weight is 462 g/mol. The number of nitrogens with one attached hydrogen (secondary N) is 1. The molecule has 2 heterocycles. The number of benzene rings is 2. The third kappa shape index (κ3) is 4.36. The quantitative estimate of drug-likeness (QED) is 0.605. The minimum atomic E-state index is -3.86. The van der Waals surface area contributed by atoms with Gasteiger partial charge in [0.15, 0.2) is 0 Å². The van der Waals surface area contributed by atoms with E-state index in [9.17, 15) is 13.2 Å². The highest BCUT2D eigenvalue weighted by molar-refractivity contribution is 7.89. The maximum Gasteiger partial charge on any atom is 0.246 e. The molecule has 4 rings (SSSR count). The van der Waals surface area contributed by atoms with Gasteiger partial charge in [-0.2, -0.15) is 8.68 Å². The smallest absolute Gasteiger partial charge is 0.246 e. The van der Waals surface area contributed by atoms with Crippen molar-refractivity contribution in [3.8, 4) is 11.5 Å². The molecular weight excluding hydrogens is 438 g/mol. The normalized spacial score (nSPS) is 17.4. The zero-order chi connectivity index (χ0) is 22.0.